The molecule has 3 heteroatoms. The van der Waals surface area contributed by atoms with Crippen LogP contribution >= 0.6 is 11.6 Å². The van der Waals surface area contributed by atoms with Gasteiger partial charge >= 0.3 is 0 Å². The zero-order valence-corrected chi connectivity index (χ0v) is 12.9. The average Bonchev–Trinajstić information content (AvgIpc) is 2.71. The minimum Gasteiger partial charge on any atom is -0.326 e. The molecule has 0 aromatic heterocycles. The second-order valence-corrected chi connectivity index (χ2v) is 6.39. The summed E-state index contributed by atoms with van der Waals surface area (Å²) in [6.07, 6.45) is 2.26. The van der Waals surface area contributed by atoms with Crippen LogP contribution in [-0.4, -0.2) is 23.5 Å². The molecule has 1 fully saturated rings. The second-order valence-electron chi connectivity index (χ2n) is 5.96. The Bertz CT molecular complexity index is 404. The highest BCUT2D eigenvalue weighted by Gasteiger charge is 2.34. The van der Waals surface area contributed by atoms with Gasteiger partial charge in [-0.15, -0.1) is 0 Å². The molecule has 1 aromatic carbocycles. The third-order valence-electron chi connectivity index (χ3n) is 4.28. The quantitative estimate of drug-likeness (QED) is 0.908. The minimum absolute atomic E-state index is 0.175. The number of benzene rings is 1. The molecule has 106 valence electrons. The maximum Gasteiger partial charge on any atom is 0.0502 e. The molecule has 0 aliphatic carbocycles. The summed E-state index contributed by atoms with van der Waals surface area (Å²) in [7, 11) is 0. The first-order chi connectivity index (χ1) is 9.02. The predicted molar refractivity (Wildman–Crippen MR) is 82.4 cm³/mol. The van der Waals surface area contributed by atoms with Crippen molar-refractivity contribution in [3.8, 4) is 0 Å². The van der Waals surface area contributed by atoms with Crippen LogP contribution in [0.2, 0.25) is 5.02 Å². The van der Waals surface area contributed by atoms with Crippen LogP contribution in [0, 0.1) is 5.92 Å². The van der Waals surface area contributed by atoms with Crippen LogP contribution in [-0.2, 0) is 0 Å². The largest absolute Gasteiger partial charge is 0.326 e. The van der Waals surface area contributed by atoms with Gasteiger partial charge in [-0.25, -0.2) is 0 Å². The lowest BCUT2D eigenvalue weighted by Gasteiger charge is -2.35. The second kappa shape index (κ2) is 6.25. The smallest absolute Gasteiger partial charge is 0.0502 e. The average molecular weight is 281 g/mol. The predicted octanol–water partition coefficient (Wildman–Crippen LogP) is 3.85. The van der Waals surface area contributed by atoms with E-state index < -0.39 is 0 Å². The molecule has 1 heterocycles. The maximum absolute atomic E-state index is 6.40. The van der Waals surface area contributed by atoms with Crippen LogP contribution in [0.15, 0.2) is 24.3 Å². The lowest BCUT2D eigenvalue weighted by molar-refractivity contribution is 0.160. The molecular formula is C16H25ClN2. The summed E-state index contributed by atoms with van der Waals surface area (Å²) >= 11 is 6.00. The fraction of sp³-hybridized carbons (Fsp3) is 0.625. The lowest BCUT2D eigenvalue weighted by Crippen LogP contribution is -2.42. The molecule has 1 aromatic rings. The molecule has 0 spiro atoms. The van der Waals surface area contributed by atoms with E-state index in [2.05, 4.69) is 37.8 Å². The van der Waals surface area contributed by atoms with Crippen molar-refractivity contribution in [1.82, 2.24) is 4.90 Å². The third kappa shape index (κ3) is 3.31. The van der Waals surface area contributed by atoms with Crippen molar-refractivity contribution in [1.29, 1.82) is 0 Å². The Morgan fingerprint density at radius 2 is 1.95 bits per heavy atom. The van der Waals surface area contributed by atoms with Gasteiger partial charge in [-0.3, -0.25) is 4.90 Å². The standard InChI is InChI=1S/C16H25ClN2/c1-4-15(18)16(13-5-7-14(17)8-6-13)19-10-11(2)9-12(19)3/h5-8,11-12,15-16H,4,9-10,18H2,1-3H3. The van der Waals surface area contributed by atoms with Crippen LogP contribution in [0.3, 0.4) is 0 Å². The first kappa shape index (κ1) is 14.8. The molecule has 2 nitrogen and oxygen atoms in total. The topological polar surface area (TPSA) is 29.3 Å². The van der Waals surface area contributed by atoms with Crippen molar-refractivity contribution in [3.63, 3.8) is 0 Å². The van der Waals surface area contributed by atoms with E-state index in [0.717, 1.165) is 23.9 Å². The van der Waals surface area contributed by atoms with Gasteiger partial charge in [0.1, 0.15) is 0 Å². The fourth-order valence-corrected chi connectivity index (χ4v) is 3.41. The van der Waals surface area contributed by atoms with Gasteiger partial charge in [0, 0.05) is 23.7 Å². The zero-order chi connectivity index (χ0) is 14.0. The Morgan fingerprint density at radius 1 is 1.32 bits per heavy atom. The van der Waals surface area contributed by atoms with Crippen LogP contribution in [0.25, 0.3) is 0 Å². The van der Waals surface area contributed by atoms with Crippen LogP contribution in [0.5, 0.6) is 0 Å². The van der Waals surface area contributed by atoms with Gasteiger partial charge in [0.25, 0.3) is 0 Å². The lowest BCUT2D eigenvalue weighted by atomic mass is 9.96. The van der Waals surface area contributed by atoms with E-state index in [-0.39, 0.29) is 6.04 Å². The summed E-state index contributed by atoms with van der Waals surface area (Å²) in [6.45, 7) is 7.95. The molecule has 4 atom stereocenters. The first-order valence-electron chi connectivity index (χ1n) is 7.29. The summed E-state index contributed by atoms with van der Waals surface area (Å²) in [4.78, 5) is 2.57. The van der Waals surface area contributed by atoms with E-state index in [1.54, 1.807) is 0 Å². The van der Waals surface area contributed by atoms with Crippen molar-refractivity contribution in [2.24, 2.45) is 11.7 Å². The highest BCUT2D eigenvalue weighted by molar-refractivity contribution is 6.30. The van der Waals surface area contributed by atoms with Crippen LogP contribution in [0.4, 0.5) is 0 Å². The molecule has 1 aliphatic rings. The number of hydrogen-bond acceptors (Lipinski definition) is 2. The number of hydrogen-bond donors (Lipinski definition) is 1. The number of likely N-dealkylation sites (tertiary alicyclic amines) is 1. The SMILES string of the molecule is CCC(N)C(c1ccc(Cl)cc1)N1CC(C)CC1C. The molecule has 19 heavy (non-hydrogen) atoms. The van der Waals surface area contributed by atoms with Crippen molar-refractivity contribution in [3.05, 3.63) is 34.9 Å². The highest BCUT2D eigenvalue weighted by atomic mass is 35.5. The van der Waals surface area contributed by atoms with E-state index in [9.17, 15) is 0 Å². The molecule has 1 aliphatic heterocycles. The normalized spacial score (nSPS) is 27.4. The highest BCUT2D eigenvalue weighted by Crippen LogP contribution is 2.34. The molecule has 0 saturated carbocycles. The van der Waals surface area contributed by atoms with Crippen molar-refractivity contribution < 1.29 is 0 Å². The molecule has 4 unspecified atom stereocenters. The van der Waals surface area contributed by atoms with E-state index in [1.807, 2.05) is 12.1 Å². The molecule has 0 amide bonds. The maximum atomic E-state index is 6.40. The third-order valence-corrected chi connectivity index (χ3v) is 4.53. The van der Waals surface area contributed by atoms with Crippen molar-refractivity contribution in [2.45, 2.75) is 51.7 Å². The Morgan fingerprint density at radius 3 is 2.42 bits per heavy atom. The van der Waals surface area contributed by atoms with Gasteiger partial charge < -0.3 is 5.73 Å². The van der Waals surface area contributed by atoms with E-state index >= 15 is 0 Å². The van der Waals surface area contributed by atoms with Crippen molar-refractivity contribution in [2.75, 3.05) is 6.54 Å². The van der Waals surface area contributed by atoms with Gasteiger partial charge in [-0.1, -0.05) is 37.6 Å². The molecule has 0 radical (unpaired) electrons. The summed E-state index contributed by atoms with van der Waals surface area (Å²) in [5, 5.41) is 0.787. The summed E-state index contributed by atoms with van der Waals surface area (Å²) in [6, 6.07) is 9.27. The molecule has 2 rings (SSSR count). The molecular weight excluding hydrogens is 256 g/mol. The van der Waals surface area contributed by atoms with E-state index in [4.69, 9.17) is 17.3 Å². The van der Waals surface area contributed by atoms with Gasteiger partial charge in [0.05, 0.1) is 6.04 Å². The number of halogens is 1. The Balaban J connectivity index is 2.28. The Labute approximate surface area is 121 Å². The number of rotatable bonds is 4. The minimum atomic E-state index is 0.175. The summed E-state index contributed by atoms with van der Waals surface area (Å²) in [5.41, 5.74) is 7.69. The molecule has 2 N–H and O–H groups in total. The van der Waals surface area contributed by atoms with E-state index in [0.29, 0.717) is 12.1 Å². The fourth-order valence-electron chi connectivity index (χ4n) is 3.29. The number of nitrogens with zero attached hydrogens (tertiary/aromatic N) is 1. The monoisotopic (exact) mass is 280 g/mol. The zero-order valence-electron chi connectivity index (χ0n) is 12.1. The van der Waals surface area contributed by atoms with Gasteiger partial charge in [-0.2, -0.15) is 0 Å². The van der Waals surface area contributed by atoms with Gasteiger partial charge in [-0.05, 0) is 43.4 Å². The Kier molecular flexibility index (Phi) is 4.88. The van der Waals surface area contributed by atoms with Crippen molar-refractivity contribution >= 4 is 11.6 Å². The number of nitrogens with two attached hydrogens (primary N) is 1. The summed E-state index contributed by atoms with van der Waals surface area (Å²) in [5.74, 6) is 0.758. The first-order valence-corrected chi connectivity index (χ1v) is 7.67. The molecule has 0 bridgehead atoms. The van der Waals surface area contributed by atoms with Crippen LogP contribution in [0.1, 0.15) is 45.2 Å². The van der Waals surface area contributed by atoms with Gasteiger partial charge in [0.2, 0.25) is 0 Å². The summed E-state index contributed by atoms with van der Waals surface area (Å²) < 4.78 is 0. The van der Waals surface area contributed by atoms with E-state index in [1.165, 1.54) is 12.0 Å². The Hall–Kier alpha value is -0.570. The molecule has 1 saturated heterocycles. The van der Waals surface area contributed by atoms with Gasteiger partial charge in [0.15, 0.2) is 0 Å². The van der Waals surface area contributed by atoms with Crippen LogP contribution < -0.4 is 5.73 Å².